The molecule has 1 aliphatic rings. The monoisotopic (exact) mass is 400 g/mol. The molecule has 3 rings (SSSR count). The fraction of sp³-hybridized carbons (Fsp3) is 0.500. The highest BCUT2D eigenvalue weighted by molar-refractivity contribution is 5.38. The fourth-order valence-corrected chi connectivity index (χ4v) is 4.15. The van der Waals surface area contributed by atoms with Crippen molar-refractivity contribution in [1.82, 2.24) is 9.80 Å². The number of hydrogen-bond acceptors (Lipinski definition) is 4. The summed E-state index contributed by atoms with van der Waals surface area (Å²) in [6.45, 7) is 5.24. The molecule has 0 bridgehead atoms. The first-order chi connectivity index (χ1) is 14.1. The maximum absolute atomic E-state index is 13.3. The molecule has 0 aromatic heterocycles. The van der Waals surface area contributed by atoms with Crippen molar-refractivity contribution < 1.29 is 13.9 Å². The van der Waals surface area contributed by atoms with Crippen LogP contribution < -0.4 is 9.47 Å². The highest BCUT2D eigenvalue weighted by Gasteiger charge is 2.20. The molecule has 1 fully saturated rings. The average molecular weight is 401 g/mol. The van der Waals surface area contributed by atoms with Gasteiger partial charge in [0.15, 0.2) is 0 Å². The van der Waals surface area contributed by atoms with Crippen molar-refractivity contribution in [1.29, 1.82) is 0 Å². The number of likely N-dealkylation sites (tertiary alicyclic amines) is 1. The molecule has 4 nitrogen and oxygen atoms in total. The predicted octanol–water partition coefficient (Wildman–Crippen LogP) is 4.23. The van der Waals surface area contributed by atoms with Crippen molar-refractivity contribution in [3.63, 3.8) is 0 Å². The van der Waals surface area contributed by atoms with E-state index in [2.05, 4.69) is 29.0 Å². The zero-order valence-electron chi connectivity index (χ0n) is 17.9. The molecule has 29 heavy (non-hydrogen) atoms. The van der Waals surface area contributed by atoms with E-state index in [9.17, 15) is 4.39 Å². The van der Waals surface area contributed by atoms with Gasteiger partial charge in [0, 0.05) is 25.7 Å². The summed E-state index contributed by atoms with van der Waals surface area (Å²) in [5.41, 5.74) is 2.29. The Labute approximate surface area is 174 Å². The molecule has 0 saturated carbocycles. The summed E-state index contributed by atoms with van der Waals surface area (Å²) in [7, 11) is 5.55. The number of rotatable bonds is 9. The van der Waals surface area contributed by atoms with Crippen LogP contribution in [0.3, 0.4) is 0 Å². The topological polar surface area (TPSA) is 24.9 Å². The van der Waals surface area contributed by atoms with Gasteiger partial charge in [-0.15, -0.1) is 0 Å². The Morgan fingerprint density at radius 2 is 1.69 bits per heavy atom. The lowest BCUT2D eigenvalue weighted by Gasteiger charge is -2.34. The van der Waals surface area contributed by atoms with Gasteiger partial charge in [-0.2, -0.15) is 0 Å². The van der Waals surface area contributed by atoms with E-state index in [-0.39, 0.29) is 5.82 Å². The van der Waals surface area contributed by atoms with Gasteiger partial charge in [0.1, 0.15) is 17.3 Å². The van der Waals surface area contributed by atoms with Gasteiger partial charge in [-0.25, -0.2) is 4.39 Å². The molecule has 0 radical (unpaired) electrons. The Kier molecular flexibility index (Phi) is 7.90. The molecule has 5 heteroatoms. The van der Waals surface area contributed by atoms with E-state index in [1.54, 1.807) is 26.4 Å². The van der Waals surface area contributed by atoms with Crippen LogP contribution in [0.25, 0.3) is 0 Å². The number of halogens is 1. The van der Waals surface area contributed by atoms with E-state index in [0.717, 1.165) is 62.1 Å². The second-order valence-corrected chi connectivity index (χ2v) is 8.08. The van der Waals surface area contributed by atoms with Gasteiger partial charge >= 0.3 is 0 Å². The highest BCUT2D eigenvalue weighted by Crippen LogP contribution is 2.24. The second kappa shape index (κ2) is 10.6. The van der Waals surface area contributed by atoms with E-state index < -0.39 is 0 Å². The third kappa shape index (κ3) is 6.72. The molecular weight excluding hydrogens is 367 g/mol. The number of nitrogens with zero attached hydrogens (tertiary/aromatic N) is 2. The smallest absolute Gasteiger partial charge is 0.123 e. The minimum Gasteiger partial charge on any atom is -0.497 e. The van der Waals surface area contributed by atoms with Crippen molar-refractivity contribution in [2.45, 2.75) is 25.8 Å². The molecule has 1 aliphatic heterocycles. The number of methoxy groups -OCH3 is 2. The Morgan fingerprint density at radius 1 is 1.00 bits per heavy atom. The highest BCUT2D eigenvalue weighted by atomic mass is 19.1. The molecule has 0 N–H and O–H groups in total. The molecule has 2 aromatic carbocycles. The van der Waals surface area contributed by atoms with Gasteiger partial charge in [-0.05, 0) is 80.7 Å². The van der Waals surface area contributed by atoms with Crippen LogP contribution in [0.2, 0.25) is 0 Å². The normalized spacial score (nSPS) is 15.6. The third-order valence-electron chi connectivity index (χ3n) is 5.75. The molecule has 2 aromatic rings. The molecule has 0 spiro atoms. The number of benzene rings is 2. The fourth-order valence-electron chi connectivity index (χ4n) is 4.15. The van der Waals surface area contributed by atoms with E-state index >= 15 is 0 Å². The first kappa shape index (κ1) is 21.6. The Balaban J connectivity index is 1.42. The summed E-state index contributed by atoms with van der Waals surface area (Å²) in [6, 6.07) is 13.0. The Bertz CT molecular complexity index is 753. The maximum atomic E-state index is 13.3. The summed E-state index contributed by atoms with van der Waals surface area (Å²) < 4.78 is 24.1. The number of hydrogen-bond donors (Lipinski definition) is 0. The first-order valence-corrected chi connectivity index (χ1v) is 10.4. The Morgan fingerprint density at radius 3 is 2.31 bits per heavy atom. The van der Waals surface area contributed by atoms with Crippen molar-refractivity contribution in [3.8, 4) is 11.5 Å². The number of ether oxygens (including phenoxy) is 2. The second-order valence-electron chi connectivity index (χ2n) is 8.08. The predicted molar refractivity (Wildman–Crippen MR) is 115 cm³/mol. The largest absolute Gasteiger partial charge is 0.497 e. The van der Waals surface area contributed by atoms with Gasteiger partial charge in [0.2, 0.25) is 0 Å². The van der Waals surface area contributed by atoms with E-state index in [1.807, 2.05) is 12.1 Å². The molecule has 1 saturated heterocycles. The van der Waals surface area contributed by atoms with Gasteiger partial charge < -0.3 is 19.3 Å². The number of piperidine rings is 1. The van der Waals surface area contributed by atoms with Crippen LogP contribution in [-0.2, 0) is 13.0 Å². The molecule has 158 valence electrons. The van der Waals surface area contributed by atoms with Crippen molar-refractivity contribution in [2.75, 3.05) is 47.4 Å². The van der Waals surface area contributed by atoms with Gasteiger partial charge in [0.25, 0.3) is 0 Å². The molecule has 0 atom stereocenters. The minimum absolute atomic E-state index is 0.141. The van der Waals surface area contributed by atoms with E-state index in [1.165, 1.54) is 24.5 Å². The van der Waals surface area contributed by atoms with Gasteiger partial charge in [-0.3, -0.25) is 0 Å². The SMILES string of the molecule is COc1cc(CN(C)CC2CCN(CCc3cccc(F)c3)CC2)cc(OC)c1. The first-order valence-electron chi connectivity index (χ1n) is 10.4. The molecular formula is C24H33FN2O2. The van der Waals surface area contributed by atoms with Crippen molar-refractivity contribution in [3.05, 3.63) is 59.4 Å². The third-order valence-corrected chi connectivity index (χ3v) is 5.75. The van der Waals surface area contributed by atoms with Gasteiger partial charge in [-0.1, -0.05) is 12.1 Å². The summed E-state index contributed by atoms with van der Waals surface area (Å²) in [6.07, 6.45) is 3.35. The van der Waals surface area contributed by atoms with Crippen LogP contribution in [-0.4, -0.2) is 57.2 Å². The van der Waals surface area contributed by atoms with Crippen LogP contribution in [0.1, 0.15) is 24.0 Å². The minimum atomic E-state index is -0.141. The van der Waals surface area contributed by atoms with Crippen molar-refractivity contribution >= 4 is 0 Å². The molecule has 0 amide bonds. The van der Waals surface area contributed by atoms with Gasteiger partial charge in [0.05, 0.1) is 14.2 Å². The molecule has 0 unspecified atom stereocenters. The standard InChI is InChI=1S/C24H33FN2O2/c1-26(18-21-14-23(28-2)16-24(15-21)29-3)17-20-8-11-27(12-9-20)10-7-19-5-4-6-22(25)13-19/h4-6,13-16,20H,7-12,17-18H2,1-3H3. The van der Waals surface area contributed by atoms with Crippen LogP contribution in [0.4, 0.5) is 4.39 Å². The molecule has 1 heterocycles. The van der Waals surface area contributed by atoms with Crippen LogP contribution >= 0.6 is 0 Å². The van der Waals surface area contributed by atoms with E-state index in [0.29, 0.717) is 0 Å². The Hall–Kier alpha value is -2.11. The molecule has 0 aliphatic carbocycles. The van der Waals surface area contributed by atoms with Crippen LogP contribution in [0.15, 0.2) is 42.5 Å². The maximum Gasteiger partial charge on any atom is 0.123 e. The summed E-state index contributed by atoms with van der Waals surface area (Å²) in [5, 5.41) is 0. The summed E-state index contributed by atoms with van der Waals surface area (Å²) in [5.74, 6) is 2.24. The summed E-state index contributed by atoms with van der Waals surface area (Å²) >= 11 is 0. The van der Waals surface area contributed by atoms with E-state index in [4.69, 9.17) is 9.47 Å². The zero-order chi connectivity index (χ0) is 20.6. The quantitative estimate of drug-likeness (QED) is 0.629. The van der Waals surface area contributed by atoms with Crippen molar-refractivity contribution in [2.24, 2.45) is 5.92 Å². The van der Waals surface area contributed by atoms with Crippen LogP contribution in [0.5, 0.6) is 11.5 Å². The zero-order valence-corrected chi connectivity index (χ0v) is 17.9. The lowest BCUT2D eigenvalue weighted by atomic mass is 9.95. The lowest BCUT2D eigenvalue weighted by Crippen LogP contribution is -2.38. The lowest BCUT2D eigenvalue weighted by molar-refractivity contribution is 0.153. The summed E-state index contributed by atoms with van der Waals surface area (Å²) in [4.78, 5) is 4.90. The average Bonchev–Trinajstić information content (AvgIpc) is 2.73. The van der Waals surface area contributed by atoms with Crippen LogP contribution in [0, 0.1) is 11.7 Å².